The molecular weight excluding hydrogens is 188 g/mol. The maximum atomic E-state index is 10.1. The van der Waals surface area contributed by atoms with Gasteiger partial charge in [0.25, 0.3) is 0 Å². The summed E-state index contributed by atoms with van der Waals surface area (Å²) in [5, 5.41) is 10.1. The van der Waals surface area contributed by atoms with Crippen molar-refractivity contribution < 1.29 is 9.84 Å². The molecule has 1 saturated carbocycles. The Morgan fingerprint density at radius 3 is 2.80 bits per heavy atom. The average Bonchev–Trinajstić information content (AvgIpc) is 2.18. The molecule has 3 atom stereocenters. The molecule has 2 heteroatoms. The van der Waals surface area contributed by atoms with Crippen LogP contribution in [0.15, 0.2) is 11.6 Å². The molecule has 0 aliphatic heterocycles. The van der Waals surface area contributed by atoms with Crippen LogP contribution < -0.4 is 0 Å². The highest BCUT2D eigenvalue weighted by atomic mass is 16.5. The van der Waals surface area contributed by atoms with Crippen molar-refractivity contribution in [1.29, 1.82) is 0 Å². The summed E-state index contributed by atoms with van der Waals surface area (Å²) >= 11 is 0. The number of methoxy groups -OCH3 is 1. The second-order valence-electron chi connectivity index (χ2n) is 5.56. The molecule has 0 bridgehead atoms. The van der Waals surface area contributed by atoms with E-state index >= 15 is 0 Å². The number of fused-ring (bicyclic) bond motifs is 1. The monoisotopic (exact) mass is 210 g/mol. The van der Waals surface area contributed by atoms with Gasteiger partial charge in [-0.05, 0) is 39.0 Å². The molecule has 86 valence electrons. The van der Waals surface area contributed by atoms with Crippen molar-refractivity contribution in [3.8, 4) is 0 Å². The van der Waals surface area contributed by atoms with Gasteiger partial charge in [0.2, 0.25) is 0 Å². The molecule has 1 unspecified atom stereocenters. The van der Waals surface area contributed by atoms with E-state index in [1.807, 2.05) is 14.0 Å². The van der Waals surface area contributed by atoms with Gasteiger partial charge in [0, 0.05) is 12.5 Å². The Morgan fingerprint density at radius 2 is 2.13 bits per heavy atom. The first-order valence-corrected chi connectivity index (χ1v) is 5.95. The van der Waals surface area contributed by atoms with E-state index in [0.717, 1.165) is 25.7 Å². The van der Waals surface area contributed by atoms with E-state index in [4.69, 9.17) is 4.74 Å². The van der Waals surface area contributed by atoms with Crippen LogP contribution in [0.3, 0.4) is 0 Å². The van der Waals surface area contributed by atoms with Crippen LogP contribution in [0.2, 0.25) is 0 Å². The normalized spacial score (nSPS) is 45.9. The second-order valence-corrected chi connectivity index (χ2v) is 5.56. The fourth-order valence-corrected chi connectivity index (χ4v) is 3.19. The van der Waals surface area contributed by atoms with Gasteiger partial charge in [-0.1, -0.05) is 18.6 Å². The predicted molar refractivity (Wildman–Crippen MR) is 60.7 cm³/mol. The van der Waals surface area contributed by atoms with Gasteiger partial charge in [0.1, 0.15) is 0 Å². The van der Waals surface area contributed by atoms with Gasteiger partial charge >= 0.3 is 0 Å². The van der Waals surface area contributed by atoms with Gasteiger partial charge in [-0.2, -0.15) is 0 Å². The molecule has 0 saturated heterocycles. The fraction of sp³-hybridized carbons (Fsp3) is 0.846. The highest BCUT2D eigenvalue weighted by Crippen LogP contribution is 2.50. The first-order valence-electron chi connectivity index (χ1n) is 5.95. The summed E-state index contributed by atoms with van der Waals surface area (Å²) in [6, 6.07) is 0. The summed E-state index contributed by atoms with van der Waals surface area (Å²) in [6.45, 7) is 4.21. The van der Waals surface area contributed by atoms with Gasteiger partial charge in [0.05, 0.1) is 11.7 Å². The molecule has 2 rings (SSSR count). The van der Waals surface area contributed by atoms with Crippen molar-refractivity contribution in [3.63, 3.8) is 0 Å². The van der Waals surface area contributed by atoms with E-state index in [9.17, 15) is 5.11 Å². The molecule has 1 N–H and O–H groups in total. The van der Waals surface area contributed by atoms with Crippen LogP contribution in [-0.2, 0) is 4.74 Å². The molecule has 1 fully saturated rings. The zero-order valence-electron chi connectivity index (χ0n) is 10.0. The van der Waals surface area contributed by atoms with Gasteiger partial charge in [0.15, 0.2) is 0 Å². The van der Waals surface area contributed by atoms with Crippen molar-refractivity contribution in [2.75, 3.05) is 7.11 Å². The van der Waals surface area contributed by atoms with E-state index in [-0.39, 0.29) is 5.41 Å². The standard InChI is InChI=1S/C13H22O2/c1-12(14)7-8-13(2)10(9-12)5-4-6-11(13)15-3/h9,11,14H,4-8H2,1-3H3/t11-,12?,13+/m0/s1. The Balaban J connectivity index is 2.32. The second kappa shape index (κ2) is 3.60. The smallest absolute Gasteiger partial charge is 0.0802 e. The minimum atomic E-state index is -0.593. The van der Waals surface area contributed by atoms with Gasteiger partial charge in [-0.25, -0.2) is 0 Å². The van der Waals surface area contributed by atoms with E-state index in [0.29, 0.717) is 6.10 Å². The molecule has 0 aromatic rings. The molecular formula is C13H22O2. The van der Waals surface area contributed by atoms with Gasteiger partial charge < -0.3 is 9.84 Å². The van der Waals surface area contributed by atoms with Crippen LogP contribution in [0.25, 0.3) is 0 Å². The molecule has 15 heavy (non-hydrogen) atoms. The Kier molecular flexibility index (Phi) is 2.68. The van der Waals surface area contributed by atoms with Crippen LogP contribution in [-0.4, -0.2) is 23.9 Å². The van der Waals surface area contributed by atoms with Crippen LogP contribution in [0.5, 0.6) is 0 Å². The Morgan fingerprint density at radius 1 is 1.40 bits per heavy atom. The first-order chi connectivity index (χ1) is 6.98. The van der Waals surface area contributed by atoms with E-state index in [1.54, 1.807) is 0 Å². The van der Waals surface area contributed by atoms with Crippen molar-refractivity contribution >= 4 is 0 Å². The third-order valence-corrected chi connectivity index (χ3v) is 4.28. The third-order valence-electron chi connectivity index (χ3n) is 4.28. The van der Waals surface area contributed by atoms with Crippen molar-refractivity contribution in [1.82, 2.24) is 0 Å². The van der Waals surface area contributed by atoms with Crippen LogP contribution >= 0.6 is 0 Å². The summed E-state index contributed by atoms with van der Waals surface area (Å²) < 4.78 is 5.61. The third kappa shape index (κ3) is 1.85. The molecule has 0 radical (unpaired) electrons. The van der Waals surface area contributed by atoms with Gasteiger partial charge in [-0.3, -0.25) is 0 Å². The predicted octanol–water partition coefficient (Wildman–Crippen LogP) is 2.66. The maximum Gasteiger partial charge on any atom is 0.0802 e. The first kappa shape index (κ1) is 11.2. The zero-order chi connectivity index (χ0) is 11.1. The van der Waals surface area contributed by atoms with Crippen molar-refractivity contribution in [2.45, 2.75) is 57.7 Å². The van der Waals surface area contributed by atoms with Crippen LogP contribution in [0, 0.1) is 5.41 Å². The summed E-state index contributed by atoms with van der Waals surface area (Å²) in [7, 11) is 1.81. The van der Waals surface area contributed by atoms with Gasteiger partial charge in [-0.15, -0.1) is 0 Å². The lowest BCUT2D eigenvalue weighted by Gasteiger charge is -2.47. The SMILES string of the molecule is CO[C@H]1CCCC2=CC(C)(O)CC[C@]21C. The minimum absolute atomic E-state index is 0.176. The van der Waals surface area contributed by atoms with Crippen molar-refractivity contribution in [2.24, 2.45) is 5.41 Å². The molecule has 0 heterocycles. The number of aliphatic hydroxyl groups is 1. The summed E-state index contributed by atoms with van der Waals surface area (Å²) in [5.41, 5.74) is 0.997. The summed E-state index contributed by atoms with van der Waals surface area (Å²) in [5.74, 6) is 0. The quantitative estimate of drug-likeness (QED) is 0.674. The van der Waals surface area contributed by atoms with Crippen LogP contribution in [0.1, 0.15) is 46.0 Å². The van der Waals surface area contributed by atoms with E-state index in [2.05, 4.69) is 13.0 Å². The lowest BCUT2D eigenvalue weighted by molar-refractivity contribution is -0.0311. The number of hydrogen-bond acceptors (Lipinski definition) is 2. The molecule has 0 amide bonds. The van der Waals surface area contributed by atoms with Crippen LogP contribution in [0.4, 0.5) is 0 Å². The number of rotatable bonds is 1. The van der Waals surface area contributed by atoms with E-state index < -0.39 is 5.60 Å². The highest BCUT2D eigenvalue weighted by Gasteiger charge is 2.44. The molecule has 2 aliphatic rings. The largest absolute Gasteiger partial charge is 0.386 e. The topological polar surface area (TPSA) is 29.5 Å². The average molecular weight is 210 g/mol. The maximum absolute atomic E-state index is 10.1. The number of hydrogen-bond donors (Lipinski definition) is 1. The Labute approximate surface area is 92.3 Å². The van der Waals surface area contributed by atoms with E-state index in [1.165, 1.54) is 12.0 Å². The minimum Gasteiger partial charge on any atom is -0.386 e. The highest BCUT2D eigenvalue weighted by molar-refractivity contribution is 5.26. The number of ether oxygens (including phenoxy) is 1. The molecule has 0 aromatic carbocycles. The summed E-state index contributed by atoms with van der Waals surface area (Å²) in [6.07, 6.45) is 7.81. The van der Waals surface area contributed by atoms with Crippen molar-refractivity contribution in [3.05, 3.63) is 11.6 Å². The Bertz CT molecular complexity index is 280. The molecule has 2 aliphatic carbocycles. The lowest BCUT2D eigenvalue weighted by Crippen LogP contribution is -2.44. The summed E-state index contributed by atoms with van der Waals surface area (Å²) in [4.78, 5) is 0. The fourth-order valence-electron chi connectivity index (χ4n) is 3.19. The molecule has 0 aromatic heterocycles. The molecule has 2 nitrogen and oxygen atoms in total. The lowest BCUT2D eigenvalue weighted by atomic mass is 9.62. The zero-order valence-corrected chi connectivity index (χ0v) is 10.0. The Hall–Kier alpha value is -0.340. The molecule has 0 spiro atoms.